The van der Waals surface area contributed by atoms with Crippen molar-refractivity contribution >= 4 is 34.9 Å². The Morgan fingerprint density at radius 1 is 1.29 bits per heavy atom. The fraction of sp³-hybridized carbons (Fsp3) is 0.263. The summed E-state index contributed by atoms with van der Waals surface area (Å²) in [6.07, 6.45) is 3.82. The molecule has 24 heavy (non-hydrogen) atoms. The van der Waals surface area contributed by atoms with Gasteiger partial charge in [0.1, 0.15) is 0 Å². The molecule has 0 unspecified atom stereocenters. The van der Waals surface area contributed by atoms with Crippen molar-refractivity contribution in [2.24, 2.45) is 0 Å². The molecule has 1 aliphatic rings. The van der Waals surface area contributed by atoms with Gasteiger partial charge < -0.3 is 10.1 Å². The zero-order chi connectivity index (χ0) is 16.9. The molecule has 1 aromatic heterocycles. The number of hydrogen-bond donors (Lipinski definition) is 1. The van der Waals surface area contributed by atoms with E-state index < -0.39 is 5.97 Å². The van der Waals surface area contributed by atoms with Gasteiger partial charge in [0.05, 0.1) is 5.57 Å². The van der Waals surface area contributed by atoms with Crippen LogP contribution in [0, 0.1) is 6.92 Å². The molecule has 4 nitrogen and oxygen atoms in total. The Morgan fingerprint density at radius 2 is 2.12 bits per heavy atom. The predicted octanol–water partition coefficient (Wildman–Crippen LogP) is 3.42. The number of ether oxygens (including phenoxy) is 1. The molecule has 1 amide bonds. The fourth-order valence-corrected chi connectivity index (χ4v) is 3.02. The molecule has 0 aliphatic heterocycles. The summed E-state index contributed by atoms with van der Waals surface area (Å²) in [5.74, 6) is -0.725. The molecule has 0 atom stereocenters. The highest BCUT2D eigenvalue weighted by Gasteiger charge is 2.24. The van der Waals surface area contributed by atoms with Crippen molar-refractivity contribution in [3.8, 4) is 0 Å². The van der Waals surface area contributed by atoms with Gasteiger partial charge in [0.15, 0.2) is 6.61 Å². The van der Waals surface area contributed by atoms with Crippen LogP contribution in [0.1, 0.15) is 28.8 Å². The van der Waals surface area contributed by atoms with Gasteiger partial charge in [0, 0.05) is 10.9 Å². The summed E-state index contributed by atoms with van der Waals surface area (Å²) in [5.41, 5.74) is 2.51. The normalized spacial score (nSPS) is 14.3. The highest BCUT2D eigenvalue weighted by Crippen LogP contribution is 2.24. The van der Waals surface area contributed by atoms with Crippen LogP contribution in [0.5, 0.6) is 0 Å². The SMILES string of the molecule is Cc1cccc(/C=C(/C(=O)OCC(=O)NC2CC2)c2cccs2)c1. The highest BCUT2D eigenvalue weighted by atomic mass is 32.1. The second-order valence-corrected chi connectivity index (χ2v) is 6.82. The summed E-state index contributed by atoms with van der Waals surface area (Å²) >= 11 is 1.47. The third-order valence-corrected chi connectivity index (χ3v) is 4.54. The van der Waals surface area contributed by atoms with E-state index in [4.69, 9.17) is 4.74 Å². The van der Waals surface area contributed by atoms with Crippen molar-refractivity contribution in [1.29, 1.82) is 0 Å². The first-order chi connectivity index (χ1) is 11.6. The Kier molecular flexibility index (Phi) is 5.11. The van der Waals surface area contributed by atoms with Gasteiger partial charge in [-0.1, -0.05) is 35.9 Å². The maximum atomic E-state index is 12.5. The molecule has 1 saturated carbocycles. The van der Waals surface area contributed by atoms with E-state index in [1.54, 1.807) is 6.08 Å². The lowest BCUT2D eigenvalue weighted by Crippen LogP contribution is -2.30. The Hall–Kier alpha value is -2.40. The van der Waals surface area contributed by atoms with Gasteiger partial charge in [-0.2, -0.15) is 0 Å². The number of benzene rings is 1. The third-order valence-electron chi connectivity index (χ3n) is 3.64. The number of amides is 1. The average molecular weight is 341 g/mol. The molecule has 2 aromatic rings. The second kappa shape index (κ2) is 7.45. The number of aryl methyl sites for hydroxylation is 1. The van der Waals surface area contributed by atoms with Crippen molar-refractivity contribution in [1.82, 2.24) is 5.32 Å². The van der Waals surface area contributed by atoms with Gasteiger partial charge in [-0.05, 0) is 42.9 Å². The highest BCUT2D eigenvalue weighted by molar-refractivity contribution is 7.11. The molecular weight excluding hydrogens is 322 g/mol. The van der Waals surface area contributed by atoms with Gasteiger partial charge in [-0.25, -0.2) is 4.79 Å². The lowest BCUT2D eigenvalue weighted by molar-refractivity contribution is -0.142. The van der Waals surface area contributed by atoms with Crippen molar-refractivity contribution in [2.45, 2.75) is 25.8 Å². The van der Waals surface area contributed by atoms with E-state index in [0.717, 1.165) is 28.8 Å². The number of thiophene rings is 1. The fourth-order valence-electron chi connectivity index (χ4n) is 2.29. The molecule has 1 aliphatic carbocycles. The van der Waals surface area contributed by atoms with Gasteiger partial charge in [0.2, 0.25) is 0 Å². The van der Waals surface area contributed by atoms with Crippen LogP contribution in [-0.2, 0) is 14.3 Å². The molecule has 1 aromatic carbocycles. The largest absolute Gasteiger partial charge is 0.452 e. The Balaban J connectivity index is 1.74. The van der Waals surface area contributed by atoms with E-state index in [0.29, 0.717) is 5.57 Å². The molecule has 0 saturated heterocycles. The molecule has 0 spiro atoms. The summed E-state index contributed by atoms with van der Waals surface area (Å²) in [5, 5.41) is 4.72. The first-order valence-electron chi connectivity index (χ1n) is 7.90. The zero-order valence-corrected chi connectivity index (χ0v) is 14.3. The molecule has 5 heteroatoms. The number of carbonyl (C=O) groups is 2. The first kappa shape index (κ1) is 16.5. The van der Waals surface area contributed by atoms with Crippen LogP contribution >= 0.6 is 11.3 Å². The van der Waals surface area contributed by atoms with E-state index >= 15 is 0 Å². The number of rotatable bonds is 6. The minimum absolute atomic E-state index is 0.244. The van der Waals surface area contributed by atoms with Crippen molar-refractivity contribution in [2.75, 3.05) is 6.61 Å². The number of esters is 1. The summed E-state index contributed by atoms with van der Waals surface area (Å²) in [7, 11) is 0. The lowest BCUT2D eigenvalue weighted by Gasteiger charge is -2.08. The van der Waals surface area contributed by atoms with Gasteiger partial charge in [-0.3, -0.25) is 4.79 Å². The van der Waals surface area contributed by atoms with Crippen LogP contribution in [0.4, 0.5) is 0 Å². The number of hydrogen-bond acceptors (Lipinski definition) is 4. The molecule has 124 valence electrons. The third kappa shape index (κ3) is 4.55. The van der Waals surface area contributed by atoms with E-state index in [1.165, 1.54) is 11.3 Å². The molecule has 1 N–H and O–H groups in total. The van der Waals surface area contributed by atoms with Gasteiger partial charge in [-0.15, -0.1) is 11.3 Å². The van der Waals surface area contributed by atoms with Crippen LogP contribution in [-0.4, -0.2) is 24.5 Å². The molecule has 1 heterocycles. The van der Waals surface area contributed by atoms with E-state index in [1.807, 2.05) is 48.7 Å². The average Bonchev–Trinajstić information content (AvgIpc) is 3.20. The van der Waals surface area contributed by atoms with Crippen LogP contribution in [0.25, 0.3) is 11.6 Å². The summed E-state index contributed by atoms with van der Waals surface area (Å²) in [4.78, 5) is 25.0. The van der Waals surface area contributed by atoms with Crippen LogP contribution in [0.3, 0.4) is 0 Å². The molecule has 3 rings (SSSR count). The Bertz CT molecular complexity index is 761. The van der Waals surface area contributed by atoms with Crippen LogP contribution in [0.15, 0.2) is 41.8 Å². The smallest absolute Gasteiger partial charge is 0.340 e. The Labute approximate surface area is 145 Å². The maximum Gasteiger partial charge on any atom is 0.340 e. The van der Waals surface area contributed by atoms with Crippen LogP contribution < -0.4 is 5.32 Å². The summed E-state index contributed by atoms with van der Waals surface area (Å²) < 4.78 is 5.21. The number of carbonyl (C=O) groups excluding carboxylic acids is 2. The monoisotopic (exact) mass is 341 g/mol. The zero-order valence-electron chi connectivity index (χ0n) is 13.5. The Morgan fingerprint density at radius 3 is 2.79 bits per heavy atom. The quantitative estimate of drug-likeness (QED) is 0.647. The first-order valence-corrected chi connectivity index (χ1v) is 8.78. The van der Waals surface area contributed by atoms with Crippen molar-refractivity contribution < 1.29 is 14.3 Å². The van der Waals surface area contributed by atoms with Crippen molar-refractivity contribution in [3.63, 3.8) is 0 Å². The number of nitrogens with one attached hydrogen (secondary N) is 1. The summed E-state index contributed by atoms with van der Waals surface area (Å²) in [6, 6.07) is 11.9. The summed E-state index contributed by atoms with van der Waals surface area (Å²) in [6.45, 7) is 1.76. The topological polar surface area (TPSA) is 55.4 Å². The van der Waals surface area contributed by atoms with E-state index in [2.05, 4.69) is 5.32 Å². The van der Waals surface area contributed by atoms with Gasteiger partial charge in [0.25, 0.3) is 5.91 Å². The second-order valence-electron chi connectivity index (χ2n) is 5.87. The molecule has 0 bridgehead atoms. The minimum Gasteiger partial charge on any atom is -0.452 e. The standard InChI is InChI=1S/C19H19NO3S/c1-13-4-2-5-14(10-13)11-16(17-6-3-9-24-17)19(22)23-12-18(21)20-15-7-8-15/h2-6,9-11,15H,7-8,12H2,1H3,(H,20,21)/b16-11+. The van der Waals surface area contributed by atoms with Gasteiger partial charge >= 0.3 is 5.97 Å². The van der Waals surface area contributed by atoms with E-state index in [-0.39, 0.29) is 18.6 Å². The molecular formula is C19H19NO3S. The van der Waals surface area contributed by atoms with Crippen LogP contribution in [0.2, 0.25) is 0 Å². The predicted molar refractivity (Wildman–Crippen MR) is 95.5 cm³/mol. The van der Waals surface area contributed by atoms with E-state index in [9.17, 15) is 9.59 Å². The maximum absolute atomic E-state index is 12.5. The minimum atomic E-state index is -0.482. The van der Waals surface area contributed by atoms with Crippen molar-refractivity contribution in [3.05, 3.63) is 57.8 Å². The molecule has 0 radical (unpaired) electrons. The molecule has 1 fully saturated rings. The lowest BCUT2D eigenvalue weighted by atomic mass is 10.1.